The van der Waals surface area contributed by atoms with E-state index in [0.29, 0.717) is 26.6 Å². The topological polar surface area (TPSA) is 40.1 Å². The van der Waals surface area contributed by atoms with E-state index in [-0.39, 0.29) is 52.7 Å². The van der Waals surface area contributed by atoms with Crippen LogP contribution in [0.3, 0.4) is 0 Å². The van der Waals surface area contributed by atoms with Gasteiger partial charge in [-0.3, -0.25) is 0 Å². The zero-order valence-electron chi connectivity index (χ0n) is 50.5. The van der Waals surface area contributed by atoms with Crippen LogP contribution in [-0.2, 0) is 30.2 Å². The van der Waals surface area contributed by atoms with Gasteiger partial charge in [0.15, 0.2) is 0 Å². The van der Waals surface area contributed by atoms with Gasteiger partial charge >= 0.3 is 377 Å². The van der Waals surface area contributed by atoms with Gasteiger partial charge in [-0.25, -0.2) is 0 Å². The third-order valence-electron chi connectivity index (χ3n) is 15.2. The summed E-state index contributed by atoms with van der Waals surface area (Å²) in [6.45, 7) is 14.5. The molecule has 0 amide bonds. The van der Waals surface area contributed by atoms with Crippen LogP contribution in [0.15, 0.2) is 188 Å². The molecule has 6 nitrogen and oxygen atoms in total. The number of benzene rings is 8. The number of imidazole rings is 1. The Balaban J connectivity index is 1.07. The van der Waals surface area contributed by atoms with Crippen LogP contribution in [0.1, 0.15) is 83.0 Å². The van der Waals surface area contributed by atoms with Gasteiger partial charge < -0.3 is 0 Å². The molecule has 1 aliphatic rings. The van der Waals surface area contributed by atoms with Gasteiger partial charge in [-0.2, -0.15) is 12.1 Å². The molecule has 12 rings (SSSR count). The van der Waals surface area contributed by atoms with Crippen LogP contribution in [0.25, 0.3) is 66.5 Å². The number of para-hydroxylation sites is 3. The van der Waals surface area contributed by atoms with Crippen LogP contribution in [0.4, 0.5) is 11.5 Å². The maximum absolute atomic E-state index is 9.54. The summed E-state index contributed by atoms with van der Waals surface area (Å²) in [6, 6.07) is 56.9. The SMILES string of the molecule is [2H]c1c([2H])c([2H])c(-c2cc(C(C)(C)C(C)(C)C)cc(-c3cccc(C(C)(C)C)c3)c2-n2[c](=[Pt])n(-c3[c-]c(Oc4cccc(N5B(c6ccccc6)n6c7ccccc7c7cc[c-]c5c76)n4)c(C([2H])([2H])[2H])cc3)c3ccccc32)c([2H])c1[2H]. The number of aryl methyl sites for hydroxylation is 1. The number of rotatable bonds is 9. The molecular formula is C66H58BN5OPt-2. The standard InChI is InChI=1S/C66H58BN5O.Pt/c1-44-37-38-50(42-59(44)73-61-36-22-35-60(68-61)71-58-34-21-30-52-51-29-16-17-31-55(51)72(63(52)58)67(71)49-27-14-11-15-28-49)69-43-70(57-33-19-18-32-56(57)69)62-53(45-23-12-10-13-24-45)40-48(66(8,9)65(5,6)7)41-54(62)46-25-20-26-47(39-46)64(2,3)4;/h10-33,35-41H,1-9H3;/q-2;/i1D3,10D,12D,13D,23D,24D;. The van der Waals surface area contributed by atoms with Crippen molar-refractivity contribution in [2.45, 2.75) is 73.1 Å². The van der Waals surface area contributed by atoms with Gasteiger partial charge in [0.2, 0.25) is 0 Å². The summed E-state index contributed by atoms with van der Waals surface area (Å²) in [5.74, 6) is 0.683. The van der Waals surface area contributed by atoms with Crippen molar-refractivity contribution in [3.63, 3.8) is 0 Å². The van der Waals surface area contributed by atoms with Crippen LogP contribution >= 0.6 is 0 Å². The van der Waals surface area contributed by atoms with Crippen molar-refractivity contribution in [2.75, 3.05) is 4.81 Å². The van der Waals surface area contributed by atoms with Crippen LogP contribution in [0, 0.1) is 28.2 Å². The molecule has 0 aliphatic carbocycles. The Bertz CT molecular complexity index is 4450. The molecule has 11 aromatic rings. The van der Waals surface area contributed by atoms with E-state index in [1.165, 1.54) is 0 Å². The molecule has 368 valence electrons. The van der Waals surface area contributed by atoms with E-state index in [9.17, 15) is 2.74 Å². The first-order valence-corrected chi connectivity index (χ1v) is 26.0. The molecular weight excluding hydrogens is 1080 g/mol. The van der Waals surface area contributed by atoms with Crippen molar-refractivity contribution >= 4 is 56.8 Å². The molecule has 0 bridgehead atoms. The molecule has 74 heavy (non-hydrogen) atoms. The number of hydrogen-bond donors (Lipinski definition) is 0. The molecule has 0 N–H and O–H groups in total. The first kappa shape index (κ1) is 39.1. The predicted octanol–water partition coefficient (Wildman–Crippen LogP) is 16.1. The van der Waals surface area contributed by atoms with Crippen molar-refractivity contribution in [1.82, 2.24) is 18.6 Å². The second kappa shape index (κ2) is 17.9. The summed E-state index contributed by atoms with van der Waals surface area (Å²) in [4.78, 5) is 7.30. The summed E-state index contributed by atoms with van der Waals surface area (Å²) >= 11 is 2.27. The fraction of sp³-hybridized carbons (Fsp3) is 0.182. The minimum atomic E-state index is -2.62. The molecule has 0 saturated heterocycles. The van der Waals surface area contributed by atoms with E-state index in [0.717, 1.165) is 66.2 Å². The van der Waals surface area contributed by atoms with E-state index in [1.54, 1.807) is 18.2 Å². The monoisotopic (exact) mass is 1150 g/mol. The minimum absolute atomic E-state index is 0.0391. The fourth-order valence-electron chi connectivity index (χ4n) is 10.4. The van der Waals surface area contributed by atoms with Crippen molar-refractivity contribution in [3.05, 3.63) is 221 Å². The Morgan fingerprint density at radius 2 is 1.34 bits per heavy atom. The molecule has 1 aliphatic heterocycles. The van der Waals surface area contributed by atoms with E-state index in [2.05, 4.69) is 161 Å². The van der Waals surface area contributed by atoms with Crippen molar-refractivity contribution in [3.8, 4) is 45.3 Å². The molecule has 3 aromatic heterocycles. The molecule has 4 heterocycles. The summed E-state index contributed by atoms with van der Waals surface area (Å²) in [7, 11) is 0. The number of anilines is 2. The Morgan fingerprint density at radius 3 is 2.07 bits per heavy atom. The van der Waals surface area contributed by atoms with E-state index in [4.69, 9.17) is 17.9 Å². The van der Waals surface area contributed by atoms with Crippen LogP contribution < -0.4 is 15.0 Å². The zero-order valence-corrected chi connectivity index (χ0v) is 44.8. The van der Waals surface area contributed by atoms with Crippen molar-refractivity contribution < 1.29 is 35.1 Å². The number of nitrogens with zero attached hydrogens (tertiary/aromatic N) is 5. The van der Waals surface area contributed by atoms with Crippen molar-refractivity contribution in [2.24, 2.45) is 5.41 Å². The summed E-state index contributed by atoms with van der Waals surface area (Å²) in [5, 5.41) is 2.24. The number of aromatic nitrogens is 4. The van der Waals surface area contributed by atoms with Crippen molar-refractivity contribution in [1.29, 1.82) is 0 Å². The number of pyridine rings is 1. The second-order valence-corrected chi connectivity index (χ2v) is 22.7. The Labute approximate surface area is 457 Å². The van der Waals surface area contributed by atoms with Gasteiger partial charge in [0, 0.05) is 5.52 Å². The van der Waals surface area contributed by atoms with Crippen LogP contribution in [0.2, 0.25) is 0 Å². The second-order valence-electron chi connectivity index (χ2n) is 21.7. The normalized spacial score (nSPS) is 14.7. The molecule has 0 spiro atoms. The molecule has 8 aromatic carbocycles. The molecule has 0 saturated carbocycles. The Hall–Kier alpha value is -7.47. The van der Waals surface area contributed by atoms with Gasteiger partial charge in [-0.15, -0.1) is 5.39 Å². The molecule has 8 heteroatoms. The van der Waals surface area contributed by atoms with E-state index in [1.807, 2.05) is 83.4 Å². The summed E-state index contributed by atoms with van der Waals surface area (Å²) in [5.41, 5.74) is 9.62. The maximum atomic E-state index is 9.54. The fourth-order valence-corrected chi connectivity index (χ4v) is 11.4. The van der Waals surface area contributed by atoms with Gasteiger partial charge in [0.05, 0.1) is 0 Å². The number of hydrogen-bond acceptors (Lipinski definition) is 3. The molecule has 0 unspecified atom stereocenters. The van der Waals surface area contributed by atoms with Gasteiger partial charge in [-0.05, 0) is 11.5 Å². The molecule has 0 atom stereocenters. The third-order valence-corrected chi connectivity index (χ3v) is 16.2. The van der Waals surface area contributed by atoms with E-state index < -0.39 is 30.4 Å². The third kappa shape index (κ3) is 7.82. The van der Waals surface area contributed by atoms with Gasteiger partial charge in [0.25, 0.3) is 0 Å². The number of ether oxygens (including phenoxy) is 1. The average Bonchev–Trinajstić information content (AvgIpc) is 1.93. The first-order valence-electron chi connectivity index (χ1n) is 28.9. The summed E-state index contributed by atoms with van der Waals surface area (Å²) in [6.07, 6.45) is 0. The summed E-state index contributed by atoms with van der Waals surface area (Å²) < 4.78 is 85.8. The van der Waals surface area contributed by atoms with Crippen LogP contribution in [-0.4, -0.2) is 25.6 Å². The first-order chi connectivity index (χ1) is 38.9. The van der Waals surface area contributed by atoms with Gasteiger partial charge in [-0.1, -0.05) is 48.5 Å². The molecule has 0 radical (unpaired) electrons. The number of fused-ring (bicyclic) bond motifs is 4. The van der Waals surface area contributed by atoms with Crippen LogP contribution in [0.5, 0.6) is 11.6 Å². The van der Waals surface area contributed by atoms with E-state index >= 15 is 0 Å². The average molecular weight is 1150 g/mol. The Kier molecular flexibility index (Phi) is 9.44. The van der Waals surface area contributed by atoms with Gasteiger partial charge in [0.1, 0.15) is 0 Å². The Morgan fingerprint density at radius 1 is 0.649 bits per heavy atom. The quantitative estimate of drug-likeness (QED) is 0.107. The molecule has 0 fully saturated rings. The predicted molar refractivity (Wildman–Crippen MR) is 303 cm³/mol. The zero-order chi connectivity index (χ0) is 58.1.